The number of thiophene rings is 1. The third-order valence-electron chi connectivity index (χ3n) is 4.15. The Bertz CT molecular complexity index is 911. The largest absolute Gasteiger partial charge is 0.380 e. The van der Waals surface area contributed by atoms with Crippen molar-refractivity contribution >= 4 is 28.8 Å². The molecule has 0 radical (unpaired) electrons. The van der Waals surface area contributed by atoms with Crippen LogP contribution in [0.15, 0.2) is 72.1 Å². The van der Waals surface area contributed by atoms with E-state index in [0.717, 1.165) is 11.1 Å². The molecule has 1 atom stereocenters. The van der Waals surface area contributed by atoms with Crippen LogP contribution in [0.2, 0.25) is 0 Å². The van der Waals surface area contributed by atoms with Crippen LogP contribution in [0.1, 0.15) is 20.8 Å². The standard InChI is InChI=1S/C22H22N2O3S/c1-27-15-17-9-5-10-18(13-17)23-21(25)19(14-16-7-3-2-4-8-16)24-22(26)20-11-6-12-28-20/h2-13,19H,14-15H2,1H3,(H,23,25)(H,24,26). The highest BCUT2D eigenvalue weighted by Gasteiger charge is 2.22. The minimum atomic E-state index is -0.692. The molecule has 0 fully saturated rings. The summed E-state index contributed by atoms with van der Waals surface area (Å²) in [6.45, 7) is 0.465. The van der Waals surface area contributed by atoms with Crippen LogP contribution in [0.5, 0.6) is 0 Å². The van der Waals surface area contributed by atoms with Crippen LogP contribution in [0.25, 0.3) is 0 Å². The number of nitrogens with one attached hydrogen (secondary N) is 2. The normalized spacial score (nSPS) is 11.6. The van der Waals surface area contributed by atoms with Gasteiger partial charge in [0.05, 0.1) is 11.5 Å². The molecular weight excluding hydrogens is 372 g/mol. The van der Waals surface area contributed by atoms with Crippen molar-refractivity contribution in [1.82, 2.24) is 5.32 Å². The van der Waals surface area contributed by atoms with Crippen LogP contribution in [0.4, 0.5) is 5.69 Å². The zero-order chi connectivity index (χ0) is 19.8. The predicted octanol–water partition coefficient (Wildman–Crippen LogP) is 3.87. The second-order valence-electron chi connectivity index (χ2n) is 6.32. The Labute approximate surface area is 168 Å². The van der Waals surface area contributed by atoms with E-state index in [1.165, 1.54) is 11.3 Å². The molecule has 2 N–H and O–H groups in total. The fourth-order valence-corrected chi connectivity index (χ4v) is 3.46. The average Bonchev–Trinajstić information content (AvgIpc) is 3.24. The highest BCUT2D eigenvalue weighted by molar-refractivity contribution is 7.12. The number of anilines is 1. The number of benzene rings is 2. The van der Waals surface area contributed by atoms with Crippen molar-refractivity contribution < 1.29 is 14.3 Å². The van der Waals surface area contributed by atoms with Gasteiger partial charge in [0.25, 0.3) is 5.91 Å². The third-order valence-corrected chi connectivity index (χ3v) is 5.02. The lowest BCUT2D eigenvalue weighted by atomic mass is 10.0. The van der Waals surface area contributed by atoms with Crippen LogP contribution >= 0.6 is 11.3 Å². The third kappa shape index (κ3) is 5.52. The van der Waals surface area contributed by atoms with Crippen LogP contribution < -0.4 is 10.6 Å². The molecule has 0 aliphatic heterocycles. The molecule has 0 aliphatic carbocycles. The second-order valence-corrected chi connectivity index (χ2v) is 7.26. The lowest BCUT2D eigenvalue weighted by Crippen LogP contribution is -2.45. The van der Waals surface area contributed by atoms with Gasteiger partial charge < -0.3 is 15.4 Å². The highest BCUT2D eigenvalue weighted by atomic mass is 32.1. The lowest BCUT2D eigenvalue weighted by Gasteiger charge is -2.19. The van der Waals surface area contributed by atoms with Gasteiger partial charge >= 0.3 is 0 Å². The van der Waals surface area contributed by atoms with Crippen LogP contribution in [-0.4, -0.2) is 25.0 Å². The molecule has 0 saturated carbocycles. The Kier molecular flexibility index (Phi) is 6.94. The van der Waals surface area contributed by atoms with Gasteiger partial charge in [-0.2, -0.15) is 0 Å². The minimum Gasteiger partial charge on any atom is -0.380 e. The maximum atomic E-state index is 12.9. The molecular formula is C22H22N2O3S. The van der Waals surface area contributed by atoms with E-state index in [4.69, 9.17) is 4.74 Å². The summed E-state index contributed by atoms with van der Waals surface area (Å²) in [4.78, 5) is 26.0. The summed E-state index contributed by atoms with van der Waals surface area (Å²) in [6.07, 6.45) is 0.404. The topological polar surface area (TPSA) is 67.4 Å². The molecule has 1 heterocycles. The Morgan fingerprint density at radius 3 is 2.50 bits per heavy atom. The van der Waals surface area contributed by atoms with Gasteiger partial charge in [-0.1, -0.05) is 48.5 Å². The number of methoxy groups -OCH3 is 1. The number of hydrogen-bond donors (Lipinski definition) is 2. The molecule has 0 saturated heterocycles. The molecule has 2 amide bonds. The number of rotatable bonds is 8. The van der Waals surface area contributed by atoms with E-state index in [-0.39, 0.29) is 11.8 Å². The summed E-state index contributed by atoms with van der Waals surface area (Å²) in [5, 5.41) is 7.60. The fraction of sp³-hybridized carbons (Fsp3) is 0.182. The fourth-order valence-electron chi connectivity index (χ4n) is 2.83. The minimum absolute atomic E-state index is 0.251. The number of hydrogen-bond acceptors (Lipinski definition) is 4. The first-order valence-corrected chi connectivity index (χ1v) is 9.80. The van der Waals surface area contributed by atoms with E-state index in [0.29, 0.717) is 23.6 Å². The van der Waals surface area contributed by atoms with Crippen molar-refractivity contribution in [2.45, 2.75) is 19.1 Å². The molecule has 3 rings (SSSR count). The van der Waals surface area contributed by atoms with Crippen molar-refractivity contribution in [3.8, 4) is 0 Å². The smallest absolute Gasteiger partial charge is 0.262 e. The Morgan fingerprint density at radius 1 is 1.00 bits per heavy atom. The maximum Gasteiger partial charge on any atom is 0.262 e. The van der Waals surface area contributed by atoms with Gasteiger partial charge in [-0.15, -0.1) is 11.3 Å². The molecule has 0 aliphatic rings. The monoisotopic (exact) mass is 394 g/mol. The zero-order valence-electron chi connectivity index (χ0n) is 15.6. The van der Waals surface area contributed by atoms with Gasteiger partial charge in [-0.3, -0.25) is 9.59 Å². The Balaban J connectivity index is 1.75. The quantitative estimate of drug-likeness (QED) is 0.609. The molecule has 5 nitrogen and oxygen atoms in total. The van der Waals surface area contributed by atoms with Crippen LogP contribution in [0.3, 0.4) is 0 Å². The molecule has 3 aromatic rings. The number of ether oxygens (including phenoxy) is 1. The number of carbonyl (C=O) groups is 2. The number of amides is 2. The van der Waals surface area contributed by atoms with E-state index in [1.54, 1.807) is 13.2 Å². The van der Waals surface area contributed by atoms with E-state index in [9.17, 15) is 9.59 Å². The number of carbonyl (C=O) groups excluding carboxylic acids is 2. The summed E-state index contributed by atoms with van der Waals surface area (Å²) >= 11 is 1.34. The molecule has 28 heavy (non-hydrogen) atoms. The van der Waals surface area contributed by atoms with Crippen molar-refractivity contribution in [3.05, 3.63) is 88.1 Å². The van der Waals surface area contributed by atoms with Crippen molar-refractivity contribution in [2.75, 3.05) is 12.4 Å². The average molecular weight is 394 g/mol. The van der Waals surface area contributed by atoms with Crippen molar-refractivity contribution in [2.24, 2.45) is 0 Å². The summed E-state index contributed by atoms with van der Waals surface area (Å²) in [7, 11) is 1.63. The van der Waals surface area contributed by atoms with E-state index < -0.39 is 6.04 Å². The molecule has 1 aromatic heterocycles. The highest BCUT2D eigenvalue weighted by Crippen LogP contribution is 2.14. The van der Waals surface area contributed by atoms with Crippen LogP contribution in [0, 0.1) is 0 Å². The molecule has 0 bridgehead atoms. The second kappa shape index (κ2) is 9.82. The molecule has 144 valence electrons. The van der Waals surface area contributed by atoms with Crippen molar-refractivity contribution in [1.29, 1.82) is 0 Å². The van der Waals surface area contributed by atoms with E-state index in [1.807, 2.05) is 66.0 Å². The maximum absolute atomic E-state index is 12.9. The van der Waals surface area contributed by atoms with Gasteiger partial charge in [-0.05, 0) is 34.7 Å². The molecule has 2 aromatic carbocycles. The van der Waals surface area contributed by atoms with Gasteiger partial charge in [0.1, 0.15) is 6.04 Å². The summed E-state index contributed by atoms with van der Waals surface area (Å²) in [5.74, 6) is -0.512. The molecule has 1 unspecified atom stereocenters. The SMILES string of the molecule is COCc1cccc(NC(=O)C(Cc2ccccc2)NC(=O)c2cccs2)c1. The van der Waals surface area contributed by atoms with Gasteiger partial charge in [0, 0.05) is 19.2 Å². The zero-order valence-corrected chi connectivity index (χ0v) is 16.4. The van der Waals surface area contributed by atoms with E-state index >= 15 is 0 Å². The lowest BCUT2D eigenvalue weighted by molar-refractivity contribution is -0.118. The van der Waals surface area contributed by atoms with Gasteiger partial charge in [0.15, 0.2) is 0 Å². The Morgan fingerprint density at radius 2 is 1.79 bits per heavy atom. The van der Waals surface area contributed by atoms with Gasteiger partial charge in [0.2, 0.25) is 5.91 Å². The first kappa shape index (κ1) is 19.8. The van der Waals surface area contributed by atoms with Crippen LogP contribution in [-0.2, 0) is 22.6 Å². The first-order valence-electron chi connectivity index (χ1n) is 8.93. The summed E-state index contributed by atoms with van der Waals surface area (Å²) < 4.78 is 5.14. The first-order chi connectivity index (χ1) is 13.7. The summed E-state index contributed by atoms with van der Waals surface area (Å²) in [6, 6.07) is 20.0. The van der Waals surface area contributed by atoms with Crippen molar-refractivity contribution in [3.63, 3.8) is 0 Å². The predicted molar refractivity (Wildman–Crippen MR) is 112 cm³/mol. The summed E-state index contributed by atoms with van der Waals surface area (Å²) in [5.41, 5.74) is 2.60. The van der Waals surface area contributed by atoms with Gasteiger partial charge in [-0.25, -0.2) is 0 Å². The molecule has 0 spiro atoms. The Hall–Kier alpha value is -2.96. The molecule has 6 heteroatoms. The van der Waals surface area contributed by atoms with E-state index in [2.05, 4.69) is 10.6 Å².